The minimum atomic E-state index is -1.10. The monoisotopic (exact) mass is 164 g/mol. The molecule has 0 aliphatic carbocycles. The Morgan fingerprint density at radius 2 is 2.00 bits per heavy atom. The Morgan fingerprint density at radius 3 is 2.33 bits per heavy atom. The average Bonchev–Trinajstić information content (AvgIpc) is 1.85. The Kier molecular flexibility index (Phi) is 3.29. The van der Waals surface area contributed by atoms with Crippen LogP contribution >= 0.6 is 0 Å². The molecule has 4 radical (unpaired) electrons. The molecule has 0 amide bonds. The molecule has 0 saturated heterocycles. The summed E-state index contributed by atoms with van der Waals surface area (Å²) in [5.41, 5.74) is 0.546. The second-order valence-electron chi connectivity index (χ2n) is 2.27. The molecule has 1 aromatic rings. The lowest BCUT2D eigenvalue weighted by Crippen LogP contribution is -1.99. The molecule has 0 heterocycles. The summed E-state index contributed by atoms with van der Waals surface area (Å²) in [4.78, 5) is 10.5. The van der Waals surface area contributed by atoms with Crippen LogP contribution in [0, 0.1) is 14.4 Å². The minimum absolute atomic E-state index is 0. The van der Waals surface area contributed by atoms with Crippen LogP contribution in [0.5, 0.6) is 5.75 Å². The summed E-state index contributed by atoms with van der Waals surface area (Å²) in [6, 6.07) is 4.61. The number of hydrogen-bond acceptors (Lipinski definition) is 2. The Morgan fingerprint density at radius 1 is 1.42 bits per heavy atom. The predicted octanol–water partition coefficient (Wildman–Crippen LogP) is 1.48. The SMILES string of the molecule is Cc1cccc(O)c1C(=O)O.[C]. The van der Waals surface area contributed by atoms with Gasteiger partial charge in [0.1, 0.15) is 11.3 Å². The van der Waals surface area contributed by atoms with Crippen molar-refractivity contribution in [2.75, 3.05) is 0 Å². The van der Waals surface area contributed by atoms with Crippen LogP contribution in [0.15, 0.2) is 18.2 Å². The van der Waals surface area contributed by atoms with Crippen molar-refractivity contribution in [3.63, 3.8) is 0 Å². The molecule has 0 saturated carbocycles. The average molecular weight is 164 g/mol. The summed E-state index contributed by atoms with van der Waals surface area (Å²) in [5.74, 6) is -1.28. The van der Waals surface area contributed by atoms with E-state index < -0.39 is 5.97 Å². The third kappa shape index (κ3) is 1.75. The van der Waals surface area contributed by atoms with E-state index in [9.17, 15) is 4.79 Å². The number of aromatic carboxylic acids is 1. The van der Waals surface area contributed by atoms with Gasteiger partial charge in [-0.3, -0.25) is 0 Å². The van der Waals surface area contributed by atoms with Gasteiger partial charge in [0, 0.05) is 7.43 Å². The summed E-state index contributed by atoms with van der Waals surface area (Å²) in [6.45, 7) is 1.64. The zero-order valence-corrected chi connectivity index (χ0v) is 6.53. The van der Waals surface area contributed by atoms with Crippen molar-refractivity contribution in [2.24, 2.45) is 0 Å². The fourth-order valence-electron chi connectivity index (χ4n) is 0.931. The van der Waals surface area contributed by atoms with Crippen LogP contribution in [-0.4, -0.2) is 16.2 Å². The van der Waals surface area contributed by atoms with Crippen LogP contribution in [0.4, 0.5) is 0 Å². The van der Waals surface area contributed by atoms with Gasteiger partial charge in [-0.25, -0.2) is 4.79 Å². The molecule has 0 atom stereocenters. The molecule has 1 rings (SSSR count). The van der Waals surface area contributed by atoms with Crippen molar-refractivity contribution < 1.29 is 15.0 Å². The first-order chi connectivity index (χ1) is 5.13. The minimum Gasteiger partial charge on any atom is -0.507 e. The van der Waals surface area contributed by atoms with Crippen LogP contribution in [0.25, 0.3) is 0 Å². The van der Waals surface area contributed by atoms with Gasteiger partial charge < -0.3 is 10.2 Å². The van der Waals surface area contributed by atoms with Gasteiger partial charge in [0.05, 0.1) is 0 Å². The maximum Gasteiger partial charge on any atom is 0.339 e. The summed E-state index contributed by atoms with van der Waals surface area (Å²) in [6.07, 6.45) is 0. The first-order valence-electron chi connectivity index (χ1n) is 3.15. The molecule has 0 bridgehead atoms. The standard InChI is InChI=1S/C8H8O3.C/c1-5-3-2-4-6(9)7(5)8(10)11;/h2-4,9H,1H3,(H,10,11);. The summed E-state index contributed by atoms with van der Waals surface area (Å²) < 4.78 is 0. The maximum atomic E-state index is 10.5. The highest BCUT2D eigenvalue weighted by Crippen LogP contribution is 2.19. The fourth-order valence-corrected chi connectivity index (χ4v) is 0.931. The van der Waals surface area contributed by atoms with Gasteiger partial charge >= 0.3 is 5.97 Å². The Labute approximate surface area is 71.3 Å². The zero-order chi connectivity index (χ0) is 8.43. The maximum absolute atomic E-state index is 10.5. The Balaban J connectivity index is 0.00000121. The van der Waals surface area contributed by atoms with Crippen LogP contribution in [0.3, 0.4) is 0 Å². The predicted molar refractivity (Wildman–Crippen MR) is 43.0 cm³/mol. The lowest BCUT2D eigenvalue weighted by Gasteiger charge is -2.01. The van der Waals surface area contributed by atoms with Crippen LogP contribution in [-0.2, 0) is 0 Å². The number of carbonyl (C=O) groups is 1. The zero-order valence-electron chi connectivity index (χ0n) is 6.53. The van der Waals surface area contributed by atoms with Crippen LogP contribution in [0.1, 0.15) is 15.9 Å². The van der Waals surface area contributed by atoms with Crippen molar-refractivity contribution in [2.45, 2.75) is 6.92 Å². The third-order valence-electron chi connectivity index (χ3n) is 1.46. The molecule has 0 aliphatic heterocycles. The molecule has 12 heavy (non-hydrogen) atoms. The number of aryl methyl sites for hydroxylation is 1. The number of carboxylic acid groups (broad SMARTS) is 1. The van der Waals surface area contributed by atoms with Gasteiger partial charge in [-0.2, -0.15) is 0 Å². The molecule has 3 heteroatoms. The molecule has 3 nitrogen and oxygen atoms in total. The second kappa shape index (κ2) is 3.76. The molecule has 0 spiro atoms. The van der Waals surface area contributed by atoms with Crippen molar-refractivity contribution in [3.05, 3.63) is 36.8 Å². The van der Waals surface area contributed by atoms with Gasteiger partial charge in [-0.05, 0) is 18.6 Å². The molecular formula is C9H8O3. The summed E-state index contributed by atoms with van der Waals surface area (Å²) >= 11 is 0. The van der Waals surface area contributed by atoms with Gasteiger partial charge in [0.15, 0.2) is 0 Å². The molecule has 0 aliphatic rings. The first kappa shape index (κ1) is 10.5. The number of carboxylic acids is 1. The Bertz CT molecular complexity index is 272. The van der Waals surface area contributed by atoms with E-state index >= 15 is 0 Å². The molecule has 2 N–H and O–H groups in total. The molecule has 0 fully saturated rings. The van der Waals surface area contributed by atoms with E-state index in [1.165, 1.54) is 6.07 Å². The van der Waals surface area contributed by atoms with E-state index in [1.54, 1.807) is 19.1 Å². The number of aromatic hydroxyl groups is 1. The lowest BCUT2D eigenvalue weighted by atomic mass is 10.1. The topological polar surface area (TPSA) is 57.5 Å². The van der Waals surface area contributed by atoms with Crippen LogP contribution in [0.2, 0.25) is 0 Å². The second-order valence-corrected chi connectivity index (χ2v) is 2.27. The van der Waals surface area contributed by atoms with Gasteiger partial charge in [0.2, 0.25) is 0 Å². The van der Waals surface area contributed by atoms with E-state index in [0.717, 1.165) is 0 Å². The van der Waals surface area contributed by atoms with Gasteiger partial charge in [-0.1, -0.05) is 12.1 Å². The largest absolute Gasteiger partial charge is 0.507 e. The first-order valence-corrected chi connectivity index (χ1v) is 3.15. The molecule has 0 aromatic heterocycles. The Hall–Kier alpha value is -1.51. The lowest BCUT2D eigenvalue weighted by molar-refractivity contribution is 0.0693. The van der Waals surface area contributed by atoms with Gasteiger partial charge in [0.25, 0.3) is 0 Å². The quantitative estimate of drug-likeness (QED) is 0.660. The van der Waals surface area contributed by atoms with Crippen molar-refractivity contribution in [1.82, 2.24) is 0 Å². The van der Waals surface area contributed by atoms with Crippen molar-refractivity contribution in [1.29, 1.82) is 0 Å². The normalized spacial score (nSPS) is 8.75. The fraction of sp³-hybridized carbons (Fsp3) is 0.111. The summed E-state index contributed by atoms with van der Waals surface area (Å²) in [7, 11) is 0. The third-order valence-corrected chi connectivity index (χ3v) is 1.46. The van der Waals surface area contributed by atoms with Crippen LogP contribution < -0.4 is 0 Å². The van der Waals surface area contributed by atoms with E-state index in [0.29, 0.717) is 5.56 Å². The van der Waals surface area contributed by atoms with E-state index in [1.807, 2.05) is 0 Å². The van der Waals surface area contributed by atoms with Crippen molar-refractivity contribution in [3.8, 4) is 5.75 Å². The number of hydrogen-bond donors (Lipinski definition) is 2. The van der Waals surface area contributed by atoms with E-state index in [-0.39, 0.29) is 18.7 Å². The molecule has 62 valence electrons. The van der Waals surface area contributed by atoms with Gasteiger partial charge in [-0.15, -0.1) is 0 Å². The number of rotatable bonds is 1. The highest BCUT2D eigenvalue weighted by atomic mass is 16.4. The smallest absolute Gasteiger partial charge is 0.339 e. The highest BCUT2D eigenvalue weighted by Gasteiger charge is 2.10. The molecule has 0 unspecified atom stereocenters. The molecule has 1 aromatic carbocycles. The summed E-state index contributed by atoms with van der Waals surface area (Å²) in [5, 5.41) is 17.7. The van der Waals surface area contributed by atoms with E-state index in [2.05, 4.69) is 0 Å². The number of phenols is 1. The van der Waals surface area contributed by atoms with Crippen molar-refractivity contribution >= 4 is 5.97 Å². The van der Waals surface area contributed by atoms with E-state index in [4.69, 9.17) is 10.2 Å². The highest BCUT2D eigenvalue weighted by molar-refractivity contribution is 5.92. The molecular weight excluding hydrogens is 156 g/mol. The number of benzene rings is 1.